The van der Waals surface area contributed by atoms with E-state index in [0.717, 1.165) is 28.3 Å². The smallest absolute Gasteiger partial charge is 0.129 e. The van der Waals surface area contributed by atoms with Crippen LogP contribution in [0, 0.1) is 3.57 Å². The molecular weight excluding hydrogens is 387 g/mol. The van der Waals surface area contributed by atoms with Crippen molar-refractivity contribution >= 4 is 45.2 Å². The zero-order valence-electron chi connectivity index (χ0n) is 10.8. The summed E-state index contributed by atoms with van der Waals surface area (Å²) in [5.74, 6) is 1.99. The molecule has 0 N–H and O–H groups in total. The second-order valence-corrected chi connectivity index (χ2v) is 5.84. The van der Waals surface area contributed by atoms with Crippen molar-refractivity contribution in [3.63, 3.8) is 0 Å². The van der Waals surface area contributed by atoms with E-state index in [1.807, 2.05) is 18.2 Å². The van der Waals surface area contributed by atoms with Crippen LogP contribution in [0.15, 0.2) is 42.5 Å². The van der Waals surface area contributed by atoms with Gasteiger partial charge in [-0.2, -0.15) is 0 Å². The number of fused-ring (bicyclic) bond motifs is 1. The number of benzene rings is 2. The van der Waals surface area contributed by atoms with Crippen molar-refractivity contribution in [2.24, 2.45) is 0 Å². The van der Waals surface area contributed by atoms with Crippen LogP contribution in [0.2, 0.25) is 0 Å². The van der Waals surface area contributed by atoms with E-state index in [0.29, 0.717) is 5.88 Å². The molecule has 0 fully saturated rings. The summed E-state index contributed by atoms with van der Waals surface area (Å²) in [6.07, 6.45) is 0. The normalized spacial score (nSPS) is 10.9. The zero-order chi connectivity index (χ0) is 14.1. The highest BCUT2D eigenvalue weighted by atomic mass is 127. The molecule has 0 aliphatic heterocycles. The fraction of sp³-hybridized carbons (Fsp3) is 0.133. The maximum Gasteiger partial charge on any atom is 0.129 e. The Morgan fingerprint density at radius 3 is 2.60 bits per heavy atom. The van der Waals surface area contributed by atoms with Gasteiger partial charge in [0.25, 0.3) is 0 Å². The second kappa shape index (κ2) is 5.61. The third-order valence-corrected chi connectivity index (χ3v) is 4.09. The third-order valence-electron chi connectivity index (χ3n) is 3.14. The summed E-state index contributed by atoms with van der Waals surface area (Å²) in [5, 5.41) is 0. The zero-order valence-corrected chi connectivity index (χ0v) is 13.7. The van der Waals surface area contributed by atoms with E-state index in [4.69, 9.17) is 16.3 Å². The molecule has 0 radical (unpaired) electrons. The summed E-state index contributed by atoms with van der Waals surface area (Å²) < 4.78 is 8.52. The van der Waals surface area contributed by atoms with Crippen LogP contribution in [-0.4, -0.2) is 16.7 Å². The van der Waals surface area contributed by atoms with E-state index < -0.39 is 0 Å². The van der Waals surface area contributed by atoms with Crippen molar-refractivity contribution in [3.8, 4) is 11.4 Å². The van der Waals surface area contributed by atoms with Crippen LogP contribution in [0.4, 0.5) is 0 Å². The summed E-state index contributed by atoms with van der Waals surface area (Å²) in [4.78, 5) is 4.59. The Balaban J connectivity index is 2.25. The first-order valence-corrected chi connectivity index (χ1v) is 7.71. The molecule has 3 nitrogen and oxygen atoms in total. The number of imidazole rings is 1. The van der Waals surface area contributed by atoms with E-state index in [-0.39, 0.29) is 0 Å². The van der Waals surface area contributed by atoms with Gasteiger partial charge in [0.2, 0.25) is 0 Å². The first kappa shape index (κ1) is 13.7. The molecule has 1 aromatic heterocycles. The highest BCUT2D eigenvalue weighted by molar-refractivity contribution is 14.1. The van der Waals surface area contributed by atoms with Gasteiger partial charge in [-0.05, 0) is 59.0 Å². The van der Waals surface area contributed by atoms with E-state index in [9.17, 15) is 0 Å². The Kier molecular flexibility index (Phi) is 3.85. The van der Waals surface area contributed by atoms with Gasteiger partial charge in [0.05, 0.1) is 24.0 Å². The van der Waals surface area contributed by atoms with Gasteiger partial charge >= 0.3 is 0 Å². The van der Waals surface area contributed by atoms with E-state index in [1.165, 1.54) is 3.57 Å². The Labute approximate surface area is 135 Å². The molecule has 0 aliphatic carbocycles. The van der Waals surface area contributed by atoms with Gasteiger partial charge in [0.15, 0.2) is 0 Å². The molecule has 5 heteroatoms. The van der Waals surface area contributed by atoms with Gasteiger partial charge in [0, 0.05) is 15.3 Å². The van der Waals surface area contributed by atoms with Gasteiger partial charge in [-0.15, -0.1) is 11.6 Å². The van der Waals surface area contributed by atoms with E-state index in [2.05, 4.69) is 56.4 Å². The molecule has 0 saturated carbocycles. The lowest BCUT2D eigenvalue weighted by Crippen LogP contribution is -1.99. The van der Waals surface area contributed by atoms with Crippen molar-refractivity contribution in [2.75, 3.05) is 7.11 Å². The SMILES string of the molecule is COc1ccc2c(c1)nc(CCl)n2-c1ccc(I)cc1. The van der Waals surface area contributed by atoms with Crippen LogP contribution in [0.25, 0.3) is 16.7 Å². The molecule has 20 heavy (non-hydrogen) atoms. The number of methoxy groups -OCH3 is 1. The van der Waals surface area contributed by atoms with Crippen molar-refractivity contribution < 1.29 is 4.74 Å². The van der Waals surface area contributed by atoms with Crippen LogP contribution >= 0.6 is 34.2 Å². The molecule has 0 spiro atoms. The molecule has 3 rings (SSSR count). The number of alkyl halides is 1. The minimum absolute atomic E-state index is 0.364. The van der Waals surface area contributed by atoms with Gasteiger partial charge in [-0.3, -0.25) is 4.57 Å². The number of hydrogen-bond acceptors (Lipinski definition) is 2. The Morgan fingerprint density at radius 2 is 1.95 bits per heavy atom. The van der Waals surface area contributed by atoms with Crippen LogP contribution in [-0.2, 0) is 5.88 Å². The molecule has 0 saturated heterocycles. The van der Waals surface area contributed by atoms with Gasteiger partial charge in [0.1, 0.15) is 11.6 Å². The largest absolute Gasteiger partial charge is 0.497 e. The number of halogens is 2. The van der Waals surface area contributed by atoms with Crippen molar-refractivity contribution in [3.05, 3.63) is 51.9 Å². The summed E-state index contributed by atoms with van der Waals surface area (Å²) in [5.41, 5.74) is 2.98. The first-order valence-electron chi connectivity index (χ1n) is 6.10. The molecule has 0 bridgehead atoms. The first-order chi connectivity index (χ1) is 9.72. The molecule has 0 atom stereocenters. The lowest BCUT2D eigenvalue weighted by atomic mass is 10.2. The highest BCUT2D eigenvalue weighted by Crippen LogP contribution is 2.26. The lowest BCUT2D eigenvalue weighted by Gasteiger charge is -2.08. The number of aromatic nitrogens is 2. The molecule has 2 aromatic carbocycles. The molecular formula is C15H12ClIN2O. The fourth-order valence-electron chi connectivity index (χ4n) is 2.20. The predicted molar refractivity (Wildman–Crippen MR) is 89.9 cm³/mol. The molecule has 0 aliphatic rings. The molecule has 0 amide bonds. The number of ether oxygens (including phenoxy) is 1. The molecule has 102 valence electrons. The van der Waals surface area contributed by atoms with Crippen molar-refractivity contribution in [1.29, 1.82) is 0 Å². The molecule has 3 aromatic rings. The van der Waals surface area contributed by atoms with Gasteiger partial charge < -0.3 is 4.74 Å². The Hall–Kier alpha value is -1.27. The lowest BCUT2D eigenvalue weighted by molar-refractivity contribution is 0.415. The van der Waals surface area contributed by atoms with Crippen molar-refractivity contribution in [2.45, 2.75) is 5.88 Å². The van der Waals surface area contributed by atoms with Crippen LogP contribution < -0.4 is 4.74 Å². The maximum atomic E-state index is 6.04. The van der Waals surface area contributed by atoms with E-state index in [1.54, 1.807) is 7.11 Å². The predicted octanol–water partition coefficient (Wildman–Crippen LogP) is 4.38. The van der Waals surface area contributed by atoms with Gasteiger partial charge in [-0.1, -0.05) is 0 Å². The van der Waals surface area contributed by atoms with Crippen LogP contribution in [0.3, 0.4) is 0 Å². The maximum absolute atomic E-state index is 6.04. The Morgan fingerprint density at radius 1 is 1.20 bits per heavy atom. The Bertz CT molecular complexity index is 752. The number of rotatable bonds is 3. The summed E-state index contributed by atoms with van der Waals surface area (Å²) in [6, 6.07) is 14.2. The quantitative estimate of drug-likeness (QED) is 0.484. The number of nitrogens with zero attached hydrogens (tertiary/aromatic N) is 2. The third kappa shape index (κ3) is 2.38. The van der Waals surface area contributed by atoms with E-state index >= 15 is 0 Å². The van der Waals surface area contributed by atoms with Crippen LogP contribution in [0.5, 0.6) is 5.75 Å². The monoisotopic (exact) mass is 398 g/mol. The summed E-state index contributed by atoms with van der Waals surface area (Å²) in [7, 11) is 1.65. The van der Waals surface area contributed by atoms with Crippen LogP contribution in [0.1, 0.15) is 5.82 Å². The van der Waals surface area contributed by atoms with Gasteiger partial charge in [-0.25, -0.2) is 4.98 Å². The summed E-state index contributed by atoms with van der Waals surface area (Å²) in [6.45, 7) is 0. The summed E-state index contributed by atoms with van der Waals surface area (Å²) >= 11 is 8.33. The molecule has 0 unspecified atom stereocenters. The average Bonchev–Trinajstić information content (AvgIpc) is 2.85. The number of hydrogen-bond donors (Lipinski definition) is 0. The minimum Gasteiger partial charge on any atom is -0.497 e. The average molecular weight is 399 g/mol. The second-order valence-electron chi connectivity index (χ2n) is 4.33. The minimum atomic E-state index is 0.364. The standard InChI is InChI=1S/C15H12ClIN2O/c1-20-12-6-7-14-13(8-12)18-15(9-16)19(14)11-4-2-10(17)3-5-11/h2-8H,9H2,1H3. The molecule has 1 heterocycles. The highest BCUT2D eigenvalue weighted by Gasteiger charge is 2.12. The fourth-order valence-corrected chi connectivity index (χ4v) is 2.74. The topological polar surface area (TPSA) is 27.1 Å². The van der Waals surface area contributed by atoms with Crippen molar-refractivity contribution in [1.82, 2.24) is 9.55 Å².